The summed E-state index contributed by atoms with van der Waals surface area (Å²) in [5.74, 6) is 0. The molecule has 1 aromatic heterocycles. The Kier molecular flexibility index (Phi) is 5.74. The van der Waals surface area contributed by atoms with Crippen LogP contribution in [0, 0.1) is 0 Å². The van der Waals surface area contributed by atoms with E-state index >= 15 is 0 Å². The fourth-order valence-electron chi connectivity index (χ4n) is 2.19. The van der Waals surface area contributed by atoms with Crippen LogP contribution in [0.5, 0.6) is 0 Å². The van der Waals surface area contributed by atoms with Gasteiger partial charge >= 0.3 is 0 Å². The van der Waals surface area contributed by atoms with E-state index in [-0.39, 0.29) is 6.04 Å². The zero-order valence-electron chi connectivity index (χ0n) is 11.6. The second-order valence-electron chi connectivity index (χ2n) is 4.54. The van der Waals surface area contributed by atoms with Gasteiger partial charge in [-0.25, -0.2) is 4.68 Å². The maximum absolute atomic E-state index is 4.19. The third-order valence-corrected chi connectivity index (χ3v) is 4.27. The second kappa shape index (κ2) is 7.33. The second-order valence-corrected chi connectivity index (χ2v) is 6.31. The van der Waals surface area contributed by atoms with Gasteiger partial charge in [-0.1, -0.05) is 50.9 Å². The Labute approximate surface area is 136 Å². The minimum atomic E-state index is 0.0772. The van der Waals surface area contributed by atoms with E-state index < -0.39 is 0 Å². The van der Waals surface area contributed by atoms with Crippen molar-refractivity contribution < 1.29 is 0 Å². The normalized spacial score (nSPS) is 12.6. The summed E-state index contributed by atoms with van der Waals surface area (Å²) >= 11 is 7.18. The number of nitrogens with one attached hydrogen (secondary N) is 1. The van der Waals surface area contributed by atoms with Crippen molar-refractivity contribution in [2.45, 2.75) is 32.9 Å². The molecule has 0 saturated carbocycles. The van der Waals surface area contributed by atoms with Crippen LogP contribution in [0.25, 0.3) is 0 Å². The van der Waals surface area contributed by atoms with E-state index in [0.717, 1.165) is 34.1 Å². The Hall–Kier alpha value is -0.720. The Morgan fingerprint density at radius 1 is 1.30 bits per heavy atom. The molecule has 0 aliphatic heterocycles. The summed E-state index contributed by atoms with van der Waals surface area (Å²) in [4.78, 5) is 0. The molecule has 20 heavy (non-hydrogen) atoms. The monoisotopic (exact) mass is 400 g/mol. The van der Waals surface area contributed by atoms with Crippen LogP contribution < -0.4 is 5.32 Å². The number of halogens is 2. The van der Waals surface area contributed by atoms with E-state index in [0.29, 0.717) is 0 Å². The Morgan fingerprint density at radius 3 is 2.80 bits per heavy atom. The van der Waals surface area contributed by atoms with Crippen molar-refractivity contribution in [1.29, 1.82) is 0 Å². The maximum atomic E-state index is 4.19. The van der Waals surface area contributed by atoms with Crippen molar-refractivity contribution in [1.82, 2.24) is 20.3 Å². The highest BCUT2D eigenvalue weighted by atomic mass is 79.9. The van der Waals surface area contributed by atoms with E-state index in [1.165, 1.54) is 5.56 Å². The molecule has 0 bridgehead atoms. The fraction of sp³-hybridized carbons (Fsp3) is 0.429. The Balaban J connectivity index is 2.44. The third kappa shape index (κ3) is 3.48. The molecule has 6 heteroatoms. The van der Waals surface area contributed by atoms with Gasteiger partial charge in [0.2, 0.25) is 0 Å². The van der Waals surface area contributed by atoms with Gasteiger partial charge in [-0.15, -0.1) is 5.10 Å². The summed E-state index contributed by atoms with van der Waals surface area (Å²) in [7, 11) is 0. The van der Waals surface area contributed by atoms with Crippen LogP contribution in [0.15, 0.2) is 33.3 Å². The lowest BCUT2D eigenvalue weighted by Crippen LogP contribution is -2.25. The molecule has 2 rings (SSSR count). The van der Waals surface area contributed by atoms with Crippen LogP contribution in [-0.2, 0) is 6.54 Å². The summed E-state index contributed by atoms with van der Waals surface area (Å²) in [6.45, 7) is 6.00. The van der Waals surface area contributed by atoms with Gasteiger partial charge in [0.15, 0.2) is 0 Å². The van der Waals surface area contributed by atoms with E-state index in [9.17, 15) is 0 Å². The number of hydrogen-bond donors (Lipinski definition) is 1. The smallest absolute Gasteiger partial charge is 0.0802 e. The van der Waals surface area contributed by atoms with Crippen molar-refractivity contribution in [3.05, 3.63) is 44.6 Å². The zero-order chi connectivity index (χ0) is 14.5. The molecule has 1 aromatic carbocycles. The van der Waals surface area contributed by atoms with Crippen LogP contribution >= 0.6 is 31.9 Å². The molecule has 1 heterocycles. The number of benzene rings is 1. The minimum Gasteiger partial charge on any atom is -0.305 e. The van der Waals surface area contributed by atoms with E-state index in [1.807, 2.05) is 16.9 Å². The number of aromatic nitrogens is 3. The van der Waals surface area contributed by atoms with Gasteiger partial charge in [-0.05, 0) is 36.7 Å². The van der Waals surface area contributed by atoms with Crippen molar-refractivity contribution in [3.8, 4) is 0 Å². The van der Waals surface area contributed by atoms with Crippen LogP contribution in [-0.4, -0.2) is 21.5 Å². The first kappa shape index (κ1) is 15.7. The molecule has 2 aromatic rings. The topological polar surface area (TPSA) is 42.7 Å². The molecule has 0 aliphatic carbocycles. The Morgan fingerprint density at radius 2 is 2.10 bits per heavy atom. The fourth-order valence-corrected chi connectivity index (χ4v) is 3.04. The summed E-state index contributed by atoms with van der Waals surface area (Å²) in [5, 5.41) is 11.8. The lowest BCUT2D eigenvalue weighted by atomic mass is 10.0. The van der Waals surface area contributed by atoms with Gasteiger partial charge in [0.1, 0.15) is 0 Å². The average molecular weight is 402 g/mol. The van der Waals surface area contributed by atoms with Crippen LogP contribution in [0.2, 0.25) is 0 Å². The molecule has 1 N–H and O–H groups in total. The van der Waals surface area contributed by atoms with E-state index in [4.69, 9.17) is 0 Å². The zero-order valence-corrected chi connectivity index (χ0v) is 14.8. The first-order chi connectivity index (χ1) is 9.67. The molecule has 108 valence electrons. The van der Waals surface area contributed by atoms with Crippen LogP contribution in [0.4, 0.5) is 0 Å². The van der Waals surface area contributed by atoms with Gasteiger partial charge < -0.3 is 5.32 Å². The number of rotatable bonds is 6. The summed E-state index contributed by atoms with van der Waals surface area (Å²) in [6.07, 6.45) is 2.88. The summed E-state index contributed by atoms with van der Waals surface area (Å²) < 4.78 is 4.12. The summed E-state index contributed by atoms with van der Waals surface area (Å²) in [6, 6.07) is 6.28. The standard InChI is InChI=1S/C14H18Br2N4/c1-3-7-20-13(9-18-19-20)14(17-4-2)11-8-10(15)5-6-12(11)16/h5-6,8-9,14,17H,3-4,7H2,1-2H3. The molecule has 0 amide bonds. The van der Waals surface area contributed by atoms with Crippen molar-refractivity contribution in [3.63, 3.8) is 0 Å². The number of aryl methyl sites for hydroxylation is 1. The molecule has 0 aliphatic rings. The lowest BCUT2D eigenvalue weighted by molar-refractivity contribution is 0.511. The first-order valence-electron chi connectivity index (χ1n) is 6.74. The molecule has 1 atom stereocenters. The SMILES string of the molecule is CCCn1nncc1C(NCC)c1cc(Br)ccc1Br. The highest BCUT2D eigenvalue weighted by molar-refractivity contribution is 9.11. The minimum absolute atomic E-state index is 0.0772. The van der Waals surface area contributed by atoms with Crippen LogP contribution in [0.3, 0.4) is 0 Å². The largest absolute Gasteiger partial charge is 0.305 e. The number of nitrogens with zero attached hydrogens (tertiary/aromatic N) is 3. The average Bonchev–Trinajstić information content (AvgIpc) is 2.88. The molecule has 0 saturated heterocycles. The predicted octanol–water partition coefficient (Wildman–Crippen LogP) is 3.91. The first-order valence-corrected chi connectivity index (χ1v) is 8.32. The predicted molar refractivity (Wildman–Crippen MR) is 87.7 cm³/mol. The van der Waals surface area contributed by atoms with Gasteiger partial charge in [-0.2, -0.15) is 0 Å². The third-order valence-electron chi connectivity index (χ3n) is 3.06. The van der Waals surface area contributed by atoms with Crippen molar-refractivity contribution in [2.24, 2.45) is 0 Å². The van der Waals surface area contributed by atoms with Crippen molar-refractivity contribution in [2.75, 3.05) is 6.54 Å². The highest BCUT2D eigenvalue weighted by Crippen LogP contribution is 2.30. The molecular weight excluding hydrogens is 384 g/mol. The highest BCUT2D eigenvalue weighted by Gasteiger charge is 2.20. The van der Waals surface area contributed by atoms with Gasteiger partial charge in [0.05, 0.1) is 17.9 Å². The maximum Gasteiger partial charge on any atom is 0.0802 e. The molecule has 0 spiro atoms. The number of hydrogen-bond acceptors (Lipinski definition) is 3. The van der Waals surface area contributed by atoms with Gasteiger partial charge in [0.25, 0.3) is 0 Å². The quantitative estimate of drug-likeness (QED) is 0.797. The lowest BCUT2D eigenvalue weighted by Gasteiger charge is -2.20. The van der Waals surface area contributed by atoms with Crippen LogP contribution in [0.1, 0.15) is 37.6 Å². The van der Waals surface area contributed by atoms with Gasteiger partial charge in [-0.3, -0.25) is 0 Å². The Bertz CT molecular complexity index is 568. The van der Waals surface area contributed by atoms with E-state index in [1.54, 1.807) is 0 Å². The summed E-state index contributed by atoms with van der Waals surface area (Å²) in [5.41, 5.74) is 2.27. The molecule has 4 nitrogen and oxygen atoms in total. The molecule has 0 fully saturated rings. The van der Waals surface area contributed by atoms with Gasteiger partial charge in [0, 0.05) is 15.5 Å². The molecular formula is C14H18Br2N4. The van der Waals surface area contributed by atoms with Crippen molar-refractivity contribution >= 4 is 31.9 Å². The molecule has 1 unspecified atom stereocenters. The van der Waals surface area contributed by atoms with E-state index in [2.05, 4.69) is 73.5 Å². The molecule has 0 radical (unpaired) electrons.